The summed E-state index contributed by atoms with van der Waals surface area (Å²) in [6, 6.07) is 14.1. The predicted octanol–water partition coefficient (Wildman–Crippen LogP) is 3.47. The maximum absolute atomic E-state index is 12.3. The Morgan fingerprint density at radius 2 is 1.90 bits per heavy atom. The number of rotatable bonds is 8. The Labute approximate surface area is 190 Å². The highest BCUT2D eigenvalue weighted by molar-refractivity contribution is 7.99. The van der Waals surface area contributed by atoms with Gasteiger partial charge in [0, 0.05) is 17.8 Å². The first-order valence-corrected chi connectivity index (χ1v) is 12.5. The molecule has 31 heavy (non-hydrogen) atoms. The fraction of sp³-hybridized carbons (Fsp3) is 0.250. The van der Waals surface area contributed by atoms with E-state index >= 15 is 0 Å². The molecule has 1 amide bonds. The summed E-state index contributed by atoms with van der Waals surface area (Å²) in [5.41, 5.74) is 2.08. The van der Waals surface area contributed by atoms with Crippen molar-refractivity contribution < 1.29 is 13.2 Å². The van der Waals surface area contributed by atoms with E-state index < -0.39 is 10.0 Å². The Bertz CT molecular complexity index is 1180. The smallest absolute Gasteiger partial charge is 0.234 e. The molecule has 0 aliphatic carbocycles. The molecular weight excluding hydrogens is 458 g/mol. The van der Waals surface area contributed by atoms with E-state index in [1.807, 2.05) is 13.0 Å². The van der Waals surface area contributed by atoms with Gasteiger partial charge >= 0.3 is 0 Å². The second-order valence-corrected chi connectivity index (χ2v) is 10.1. The lowest BCUT2D eigenvalue weighted by Gasteiger charge is -2.21. The quantitative estimate of drug-likeness (QED) is 0.497. The Hall–Kier alpha value is -2.56. The molecule has 0 bridgehead atoms. The van der Waals surface area contributed by atoms with E-state index in [4.69, 9.17) is 11.6 Å². The minimum atomic E-state index is -3.52. The summed E-state index contributed by atoms with van der Waals surface area (Å²) in [5, 5.41) is 12.2. The summed E-state index contributed by atoms with van der Waals surface area (Å²) in [6.07, 6.45) is 1.15. The van der Waals surface area contributed by atoms with Crippen LogP contribution in [0.3, 0.4) is 0 Å². The Balaban J connectivity index is 1.66. The third-order valence-corrected chi connectivity index (χ3v) is 7.01. The highest BCUT2D eigenvalue weighted by atomic mass is 35.5. The third kappa shape index (κ3) is 5.99. The van der Waals surface area contributed by atoms with E-state index in [-0.39, 0.29) is 18.2 Å². The van der Waals surface area contributed by atoms with Gasteiger partial charge in [0.2, 0.25) is 15.9 Å². The fourth-order valence-electron chi connectivity index (χ4n) is 2.78. The monoisotopic (exact) mass is 479 g/mol. The van der Waals surface area contributed by atoms with Crippen LogP contribution in [0.25, 0.3) is 0 Å². The number of carbonyl (C=O) groups excluding carboxylic acids is 1. The SMILES string of the molecule is Cc1cc(NC(=O)CSc2nnc(CN(c3ccccc3)S(C)(=O)=O)n2C)ccc1Cl. The van der Waals surface area contributed by atoms with E-state index in [0.29, 0.717) is 27.4 Å². The molecule has 0 atom stereocenters. The van der Waals surface area contributed by atoms with Crippen LogP contribution in [-0.2, 0) is 28.4 Å². The van der Waals surface area contributed by atoms with Crippen molar-refractivity contribution in [3.8, 4) is 0 Å². The molecule has 1 N–H and O–H groups in total. The van der Waals surface area contributed by atoms with Crippen molar-refractivity contribution in [2.75, 3.05) is 21.6 Å². The molecule has 0 unspecified atom stereocenters. The number of para-hydroxylation sites is 1. The zero-order valence-corrected chi connectivity index (χ0v) is 19.6. The maximum Gasteiger partial charge on any atom is 0.234 e. The van der Waals surface area contributed by atoms with E-state index in [1.165, 1.54) is 16.1 Å². The lowest BCUT2D eigenvalue weighted by Crippen LogP contribution is -2.30. The minimum Gasteiger partial charge on any atom is -0.325 e. The number of hydrogen-bond donors (Lipinski definition) is 1. The normalized spacial score (nSPS) is 11.4. The molecule has 3 aromatic rings. The van der Waals surface area contributed by atoms with Crippen LogP contribution in [-0.4, -0.2) is 41.1 Å². The lowest BCUT2D eigenvalue weighted by atomic mass is 10.2. The molecule has 0 spiro atoms. The third-order valence-electron chi connectivity index (χ3n) is 4.43. The Morgan fingerprint density at radius 1 is 1.19 bits per heavy atom. The second kappa shape index (κ2) is 9.71. The number of aryl methyl sites for hydroxylation is 1. The summed E-state index contributed by atoms with van der Waals surface area (Å²) in [5.74, 6) is 0.395. The molecule has 1 heterocycles. The summed E-state index contributed by atoms with van der Waals surface area (Å²) in [7, 11) is -1.78. The maximum atomic E-state index is 12.3. The van der Waals surface area contributed by atoms with Crippen LogP contribution < -0.4 is 9.62 Å². The molecule has 0 saturated heterocycles. The summed E-state index contributed by atoms with van der Waals surface area (Å²) >= 11 is 7.22. The molecule has 0 saturated carbocycles. The van der Waals surface area contributed by atoms with Crippen molar-refractivity contribution in [3.05, 3.63) is 64.9 Å². The van der Waals surface area contributed by atoms with Crippen molar-refractivity contribution in [2.24, 2.45) is 7.05 Å². The molecular formula is C20H22ClN5O3S2. The Morgan fingerprint density at radius 3 is 2.55 bits per heavy atom. The van der Waals surface area contributed by atoms with E-state index in [1.54, 1.807) is 54.1 Å². The van der Waals surface area contributed by atoms with Crippen molar-refractivity contribution in [1.29, 1.82) is 0 Å². The van der Waals surface area contributed by atoms with Gasteiger partial charge in [0.15, 0.2) is 11.0 Å². The largest absolute Gasteiger partial charge is 0.325 e. The number of nitrogens with one attached hydrogen (secondary N) is 1. The number of hydrogen-bond acceptors (Lipinski definition) is 6. The fourth-order valence-corrected chi connectivity index (χ4v) is 4.48. The number of aromatic nitrogens is 3. The first-order valence-electron chi connectivity index (χ1n) is 9.25. The number of halogens is 1. The van der Waals surface area contributed by atoms with Crippen molar-refractivity contribution >= 4 is 50.7 Å². The first-order chi connectivity index (χ1) is 14.6. The molecule has 0 aliphatic rings. The van der Waals surface area contributed by atoms with Gasteiger partial charge < -0.3 is 9.88 Å². The Kier molecular flexibility index (Phi) is 7.24. The molecule has 0 aliphatic heterocycles. The molecule has 0 fully saturated rings. The highest BCUT2D eigenvalue weighted by Crippen LogP contribution is 2.23. The average Bonchev–Trinajstić information content (AvgIpc) is 3.06. The van der Waals surface area contributed by atoms with Gasteiger partial charge in [-0.05, 0) is 42.8 Å². The number of carbonyl (C=O) groups is 1. The molecule has 1 aromatic heterocycles. The van der Waals surface area contributed by atoms with E-state index in [9.17, 15) is 13.2 Å². The number of sulfonamides is 1. The summed E-state index contributed by atoms with van der Waals surface area (Å²) in [4.78, 5) is 12.3. The molecule has 2 aromatic carbocycles. The number of amides is 1. The summed E-state index contributed by atoms with van der Waals surface area (Å²) < 4.78 is 27.5. The van der Waals surface area contributed by atoms with E-state index in [2.05, 4.69) is 15.5 Å². The average molecular weight is 480 g/mol. The minimum absolute atomic E-state index is 0.0309. The summed E-state index contributed by atoms with van der Waals surface area (Å²) in [6.45, 7) is 1.90. The highest BCUT2D eigenvalue weighted by Gasteiger charge is 2.21. The number of thioether (sulfide) groups is 1. The molecule has 0 radical (unpaired) electrons. The topological polar surface area (TPSA) is 97.2 Å². The predicted molar refractivity (Wildman–Crippen MR) is 124 cm³/mol. The van der Waals surface area contributed by atoms with Gasteiger partial charge in [-0.3, -0.25) is 9.10 Å². The van der Waals surface area contributed by atoms with Crippen LogP contribution in [0.4, 0.5) is 11.4 Å². The van der Waals surface area contributed by atoms with Gasteiger partial charge in [-0.15, -0.1) is 10.2 Å². The lowest BCUT2D eigenvalue weighted by molar-refractivity contribution is -0.113. The van der Waals surface area contributed by atoms with Gasteiger partial charge in [0.25, 0.3) is 0 Å². The van der Waals surface area contributed by atoms with Crippen molar-refractivity contribution in [1.82, 2.24) is 14.8 Å². The van der Waals surface area contributed by atoms with Crippen molar-refractivity contribution in [3.63, 3.8) is 0 Å². The van der Waals surface area contributed by atoms with Crippen LogP contribution in [0.15, 0.2) is 53.7 Å². The molecule has 8 nitrogen and oxygen atoms in total. The van der Waals surface area contributed by atoms with Crippen LogP contribution in [0, 0.1) is 6.92 Å². The van der Waals surface area contributed by atoms with Crippen LogP contribution >= 0.6 is 23.4 Å². The van der Waals surface area contributed by atoms with Gasteiger partial charge in [-0.25, -0.2) is 8.42 Å². The molecule has 3 rings (SSSR count). The number of nitrogens with zero attached hydrogens (tertiary/aromatic N) is 4. The van der Waals surface area contributed by atoms with Crippen LogP contribution in [0.1, 0.15) is 11.4 Å². The van der Waals surface area contributed by atoms with E-state index in [0.717, 1.165) is 11.8 Å². The zero-order chi connectivity index (χ0) is 22.6. The number of benzene rings is 2. The van der Waals surface area contributed by atoms with Crippen LogP contribution in [0.2, 0.25) is 5.02 Å². The van der Waals surface area contributed by atoms with Gasteiger partial charge in [0.1, 0.15) is 0 Å². The molecule has 11 heteroatoms. The van der Waals surface area contributed by atoms with Gasteiger partial charge in [-0.2, -0.15) is 0 Å². The van der Waals surface area contributed by atoms with Gasteiger partial charge in [-0.1, -0.05) is 41.6 Å². The standard InChI is InChI=1S/C20H22ClN5O3S2/c1-14-11-15(9-10-17(14)21)22-19(27)13-30-20-24-23-18(25(20)2)12-26(31(3,28)29)16-7-5-4-6-8-16/h4-11H,12-13H2,1-3H3,(H,22,27). The first kappa shape index (κ1) is 23.1. The molecule has 164 valence electrons. The van der Waals surface area contributed by atoms with Crippen molar-refractivity contribution in [2.45, 2.75) is 18.6 Å². The number of anilines is 2. The zero-order valence-electron chi connectivity index (χ0n) is 17.2. The van der Waals surface area contributed by atoms with Gasteiger partial charge in [0.05, 0.1) is 24.2 Å². The second-order valence-electron chi connectivity index (χ2n) is 6.86. The van der Waals surface area contributed by atoms with Crippen LogP contribution in [0.5, 0.6) is 0 Å².